The van der Waals surface area contributed by atoms with Crippen LogP contribution < -0.4 is 10.1 Å². The molecule has 0 aliphatic rings. The number of halogens is 1. The van der Waals surface area contributed by atoms with Gasteiger partial charge in [0.25, 0.3) is 0 Å². The molecule has 0 aliphatic carbocycles. The minimum Gasteiger partial charge on any atom is -0.494 e. The summed E-state index contributed by atoms with van der Waals surface area (Å²) in [5.41, 5.74) is 0. The van der Waals surface area contributed by atoms with Gasteiger partial charge >= 0.3 is 0 Å². The van der Waals surface area contributed by atoms with Crippen molar-refractivity contribution in [3.05, 3.63) is 29.3 Å². The molecule has 0 unspecified atom stereocenters. The summed E-state index contributed by atoms with van der Waals surface area (Å²) in [5.74, 6) is 0.827. The van der Waals surface area contributed by atoms with Crippen molar-refractivity contribution in [1.82, 2.24) is 5.32 Å². The Labute approximate surface area is 125 Å². The van der Waals surface area contributed by atoms with Gasteiger partial charge in [-0.05, 0) is 44.0 Å². The summed E-state index contributed by atoms with van der Waals surface area (Å²) in [6.45, 7) is 4.55. The van der Waals surface area contributed by atoms with E-state index in [0.29, 0.717) is 37.6 Å². The summed E-state index contributed by atoms with van der Waals surface area (Å²) >= 11 is 5.78. The van der Waals surface area contributed by atoms with Gasteiger partial charge in [0.1, 0.15) is 5.75 Å². The van der Waals surface area contributed by atoms with Crippen LogP contribution in [0.2, 0.25) is 5.02 Å². The van der Waals surface area contributed by atoms with Crippen LogP contribution in [0.1, 0.15) is 26.2 Å². The lowest BCUT2D eigenvalue weighted by Crippen LogP contribution is -2.25. The Morgan fingerprint density at radius 3 is 2.65 bits per heavy atom. The van der Waals surface area contributed by atoms with E-state index < -0.39 is 0 Å². The molecule has 112 valence electrons. The molecule has 1 rings (SSSR count). The fourth-order valence-electron chi connectivity index (χ4n) is 1.59. The standard InChI is InChI=1S/C15H22ClNO3/c1-2-19-11-4-10-17-15(18)5-3-12-20-14-8-6-13(16)7-9-14/h6-9H,2-5,10-12H2,1H3,(H,17,18). The smallest absolute Gasteiger partial charge is 0.220 e. The highest BCUT2D eigenvalue weighted by Gasteiger charge is 2.01. The Balaban J connectivity index is 2.00. The number of amides is 1. The first-order valence-electron chi connectivity index (χ1n) is 6.95. The van der Waals surface area contributed by atoms with Gasteiger partial charge in [0.2, 0.25) is 5.91 Å². The number of carbonyl (C=O) groups is 1. The van der Waals surface area contributed by atoms with E-state index in [-0.39, 0.29) is 5.91 Å². The van der Waals surface area contributed by atoms with E-state index in [1.807, 2.05) is 19.1 Å². The maximum atomic E-state index is 11.5. The van der Waals surface area contributed by atoms with E-state index in [9.17, 15) is 4.79 Å². The van der Waals surface area contributed by atoms with Crippen molar-refractivity contribution in [3.63, 3.8) is 0 Å². The van der Waals surface area contributed by atoms with Gasteiger partial charge in [-0.15, -0.1) is 0 Å². The average Bonchev–Trinajstić information content (AvgIpc) is 2.45. The minimum atomic E-state index is 0.0567. The van der Waals surface area contributed by atoms with Crippen molar-refractivity contribution in [2.45, 2.75) is 26.2 Å². The zero-order chi connectivity index (χ0) is 14.6. The molecular weight excluding hydrogens is 278 g/mol. The highest BCUT2D eigenvalue weighted by molar-refractivity contribution is 6.30. The van der Waals surface area contributed by atoms with E-state index in [0.717, 1.165) is 18.8 Å². The highest BCUT2D eigenvalue weighted by atomic mass is 35.5. The third-order valence-electron chi connectivity index (χ3n) is 2.62. The van der Waals surface area contributed by atoms with Crippen LogP contribution >= 0.6 is 11.6 Å². The van der Waals surface area contributed by atoms with Gasteiger partial charge in [-0.2, -0.15) is 0 Å². The van der Waals surface area contributed by atoms with Gasteiger partial charge in [-0.25, -0.2) is 0 Å². The molecular formula is C15H22ClNO3. The molecule has 20 heavy (non-hydrogen) atoms. The van der Waals surface area contributed by atoms with Crippen molar-refractivity contribution in [1.29, 1.82) is 0 Å². The van der Waals surface area contributed by atoms with Gasteiger partial charge in [0.05, 0.1) is 6.61 Å². The molecule has 1 aromatic rings. The Morgan fingerprint density at radius 2 is 1.95 bits per heavy atom. The summed E-state index contributed by atoms with van der Waals surface area (Å²) in [6, 6.07) is 7.19. The molecule has 0 atom stereocenters. The molecule has 0 radical (unpaired) electrons. The molecule has 1 aromatic carbocycles. The zero-order valence-corrected chi connectivity index (χ0v) is 12.6. The number of rotatable bonds is 10. The van der Waals surface area contributed by atoms with Crippen molar-refractivity contribution in [2.75, 3.05) is 26.4 Å². The van der Waals surface area contributed by atoms with Crippen LogP contribution in [0.4, 0.5) is 0 Å². The molecule has 4 nitrogen and oxygen atoms in total. The summed E-state index contributed by atoms with van der Waals surface area (Å²) < 4.78 is 10.7. The molecule has 1 amide bonds. The lowest BCUT2D eigenvalue weighted by Gasteiger charge is -2.07. The van der Waals surface area contributed by atoms with Crippen LogP contribution in [0.15, 0.2) is 24.3 Å². The average molecular weight is 300 g/mol. The zero-order valence-electron chi connectivity index (χ0n) is 11.9. The number of benzene rings is 1. The molecule has 0 aromatic heterocycles. The molecule has 0 fully saturated rings. The summed E-state index contributed by atoms with van der Waals surface area (Å²) in [6.07, 6.45) is 2.02. The molecule has 5 heteroatoms. The lowest BCUT2D eigenvalue weighted by atomic mass is 10.3. The normalized spacial score (nSPS) is 10.3. The number of hydrogen-bond acceptors (Lipinski definition) is 3. The lowest BCUT2D eigenvalue weighted by molar-refractivity contribution is -0.121. The number of ether oxygens (including phenoxy) is 2. The quantitative estimate of drug-likeness (QED) is 0.676. The third-order valence-corrected chi connectivity index (χ3v) is 2.87. The van der Waals surface area contributed by atoms with Crippen LogP contribution in [-0.2, 0) is 9.53 Å². The maximum absolute atomic E-state index is 11.5. The SMILES string of the molecule is CCOCCCNC(=O)CCCOc1ccc(Cl)cc1. The van der Waals surface area contributed by atoms with E-state index in [1.165, 1.54) is 0 Å². The van der Waals surface area contributed by atoms with Crippen LogP contribution in [0, 0.1) is 0 Å². The van der Waals surface area contributed by atoms with Gasteiger partial charge < -0.3 is 14.8 Å². The topological polar surface area (TPSA) is 47.6 Å². The van der Waals surface area contributed by atoms with Crippen molar-refractivity contribution in [2.24, 2.45) is 0 Å². The Hall–Kier alpha value is -1.26. The minimum absolute atomic E-state index is 0.0567. The van der Waals surface area contributed by atoms with Crippen molar-refractivity contribution in [3.8, 4) is 5.75 Å². The van der Waals surface area contributed by atoms with Crippen LogP contribution in [-0.4, -0.2) is 32.3 Å². The maximum Gasteiger partial charge on any atom is 0.220 e. The monoisotopic (exact) mass is 299 g/mol. The largest absolute Gasteiger partial charge is 0.494 e. The second-order valence-corrected chi connectivity index (χ2v) is 4.74. The number of nitrogens with one attached hydrogen (secondary N) is 1. The fraction of sp³-hybridized carbons (Fsp3) is 0.533. The van der Waals surface area contributed by atoms with Gasteiger partial charge in [-0.3, -0.25) is 4.79 Å². The van der Waals surface area contributed by atoms with Gasteiger partial charge in [0, 0.05) is 31.2 Å². The second kappa shape index (κ2) is 10.5. The molecule has 0 heterocycles. The predicted octanol–water partition coefficient (Wildman–Crippen LogP) is 3.04. The van der Waals surface area contributed by atoms with E-state index in [1.54, 1.807) is 12.1 Å². The summed E-state index contributed by atoms with van der Waals surface area (Å²) in [5, 5.41) is 3.54. The van der Waals surface area contributed by atoms with E-state index in [2.05, 4.69) is 5.32 Å². The van der Waals surface area contributed by atoms with Crippen LogP contribution in [0.5, 0.6) is 5.75 Å². The first kappa shape index (κ1) is 16.8. The first-order valence-corrected chi connectivity index (χ1v) is 7.33. The third kappa shape index (κ3) is 8.02. The molecule has 0 bridgehead atoms. The summed E-state index contributed by atoms with van der Waals surface area (Å²) in [7, 11) is 0. The van der Waals surface area contributed by atoms with Crippen molar-refractivity contribution < 1.29 is 14.3 Å². The Morgan fingerprint density at radius 1 is 1.20 bits per heavy atom. The Bertz CT molecular complexity index is 381. The van der Waals surface area contributed by atoms with Crippen molar-refractivity contribution >= 4 is 17.5 Å². The Kier molecular flexibility index (Phi) is 8.83. The predicted molar refractivity (Wildman–Crippen MR) is 80.3 cm³/mol. The highest BCUT2D eigenvalue weighted by Crippen LogP contribution is 2.15. The molecule has 0 saturated carbocycles. The van der Waals surface area contributed by atoms with E-state index >= 15 is 0 Å². The first-order chi connectivity index (χ1) is 9.72. The second-order valence-electron chi connectivity index (χ2n) is 4.31. The summed E-state index contributed by atoms with van der Waals surface area (Å²) in [4.78, 5) is 11.5. The van der Waals surface area contributed by atoms with Gasteiger partial charge in [0.15, 0.2) is 0 Å². The number of hydrogen-bond donors (Lipinski definition) is 1. The van der Waals surface area contributed by atoms with Crippen LogP contribution in [0.25, 0.3) is 0 Å². The molecule has 0 aliphatic heterocycles. The van der Waals surface area contributed by atoms with Crippen LogP contribution in [0.3, 0.4) is 0 Å². The fourth-order valence-corrected chi connectivity index (χ4v) is 1.71. The molecule has 0 saturated heterocycles. The molecule has 1 N–H and O–H groups in total. The molecule has 0 spiro atoms. The van der Waals surface area contributed by atoms with E-state index in [4.69, 9.17) is 21.1 Å². The number of carbonyl (C=O) groups excluding carboxylic acids is 1. The van der Waals surface area contributed by atoms with Gasteiger partial charge in [-0.1, -0.05) is 11.6 Å².